The van der Waals surface area contributed by atoms with E-state index < -0.39 is 0 Å². The zero-order valence-corrected chi connectivity index (χ0v) is 14.4. The largest absolute Gasteiger partial charge is 0.322 e. The van der Waals surface area contributed by atoms with Gasteiger partial charge in [-0.05, 0) is 30.7 Å². The van der Waals surface area contributed by atoms with Crippen molar-refractivity contribution < 1.29 is 4.79 Å². The van der Waals surface area contributed by atoms with Crippen molar-refractivity contribution in [3.8, 4) is 11.3 Å². The first-order chi connectivity index (χ1) is 12.7. The van der Waals surface area contributed by atoms with Gasteiger partial charge in [0.05, 0.1) is 16.8 Å². The summed E-state index contributed by atoms with van der Waals surface area (Å²) in [4.78, 5) is 17.9. The average molecular weight is 338 g/mol. The summed E-state index contributed by atoms with van der Waals surface area (Å²) >= 11 is 0. The monoisotopic (exact) mass is 338 g/mol. The van der Waals surface area contributed by atoms with Crippen molar-refractivity contribution in [1.29, 1.82) is 0 Å². The van der Waals surface area contributed by atoms with Crippen LogP contribution in [0.15, 0.2) is 84.9 Å². The lowest BCUT2D eigenvalue weighted by molar-refractivity contribution is 0.102. The van der Waals surface area contributed by atoms with Crippen LogP contribution in [0.1, 0.15) is 15.9 Å². The molecule has 0 atom stereocenters. The van der Waals surface area contributed by atoms with Crippen LogP contribution in [0.2, 0.25) is 0 Å². The highest BCUT2D eigenvalue weighted by Gasteiger charge is 2.18. The van der Waals surface area contributed by atoms with Gasteiger partial charge in [-0.1, -0.05) is 66.7 Å². The van der Waals surface area contributed by atoms with Gasteiger partial charge < -0.3 is 5.32 Å². The molecule has 1 N–H and O–H groups in total. The van der Waals surface area contributed by atoms with Crippen molar-refractivity contribution in [2.75, 3.05) is 5.32 Å². The molecule has 126 valence electrons. The van der Waals surface area contributed by atoms with E-state index in [1.165, 1.54) is 0 Å². The van der Waals surface area contributed by atoms with Crippen molar-refractivity contribution in [3.05, 3.63) is 96.1 Å². The van der Waals surface area contributed by atoms with Crippen molar-refractivity contribution in [2.24, 2.45) is 0 Å². The lowest BCUT2D eigenvalue weighted by Crippen LogP contribution is -2.15. The molecule has 0 saturated heterocycles. The molecule has 0 saturated carbocycles. The standard InChI is InChI=1S/C23H18N2O/c1-16-21(23(26)24-18-12-6-3-7-13-18)19-14-8-9-15-20(19)25-22(16)17-10-4-2-5-11-17/h2-15H,1H3,(H,24,26). The van der Waals surface area contributed by atoms with E-state index >= 15 is 0 Å². The molecule has 0 aliphatic carbocycles. The third-order valence-corrected chi connectivity index (χ3v) is 4.44. The summed E-state index contributed by atoms with van der Waals surface area (Å²) in [6.45, 7) is 1.96. The van der Waals surface area contributed by atoms with Gasteiger partial charge in [0.1, 0.15) is 0 Å². The molecule has 4 aromatic rings. The Labute approximate surface area is 152 Å². The number of aromatic nitrogens is 1. The molecule has 3 heteroatoms. The summed E-state index contributed by atoms with van der Waals surface area (Å²) in [6, 6.07) is 27.2. The van der Waals surface area contributed by atoms with E-state index in [4.69, 9.17) is 4.98 Å². The molecule has 1 amide bonds. The van der Waals surface area contributed by atoms with Crippen molar-refractivity contribution in [1.82, 2.24) is 4.98 Å². The number of anilines is 1. The molecular formula is C23H18N2O. The first-order valence-corrected chi connectivity index (χ1v) is 8.55. The van der Waals surface area contributed by atoms with Crippen LogP contribution >= 0.6 is 0 Å². The lowest BCUT2D eigenvalue weighted by atomic mass is 9.97. The topological polar surface area (TPSA) is 42.0 Å². The number of nitrogens with zero attached hydrogens (tertiary/aromatic N) is 1. The molecule has 0 unspecified atom stereocenters. The molecule has 4 rings (SSSR count). The van der Waals surface area contributed by atoms with Gasteiger partial charge in [-0.15, -0.1) is 0 Å². The third-order valence-electron chi connectivity index (χ3n) is 4.44. The second-order valence-electron chi connectivity index (χ2n) is 6.16. The SMILES string of the molecule is Cc1c(-c2ccccc2)nc2ccccc2c1C(=O)Nc1ccccc1. The Morgan fingerprint density at radius 3 is 2.15 bits per heavy atom. The molecular weight excluding hydrogens is 320 g/mol. The van der Waals surface area contributed by atoms with E-state index in [0.717, 1.165) is 33.4 Å². The van der Waals surface area contributed by atoms with E-state index in [-0.39, 0.29) is 5.91 Å². The predicted molar refractivity (Wildman–Crippen MR) is 106 cm³/mol. The minimum Gasteiger partial charge on any atom is -0.322 e. The Hall–Kier alpha value is -3.46. The van der Waals surface area contributed by atoms with E-state index in [1.54, 1.807) is 0 Å². The fraction of sp³-hybridized carbons (Fsp3) is 0.0435. The molecule has 1 heterocycles. The number of fused-ring (bicyclic) bond motifs is 1. The third kappa shape index (κ3) is 2.95. The Balaban J connectivity index is 1.90. The van der Waals surface area contributed by atoms with Crippen LogP contribution in [0.5, 0.6) is 0 Å². The van der Waals surface area contributed by atoms with Crippen molar-refractivity contribution >= 4 is 22.5 Å². The number of nitrogens with one attached hydrogen (secondary N) is 1. The average Bonchev–Trinajstić information content (AvgIpc) is 2.69. The molecule has 1 aromatic heterocycles. The summed E-state index contributed by atoms with van der Waals surface area (Å²) < 4.78 is 0. The van der Waals surface area contributed by atoms with Gasteiger partial charge in [-0.3, -0.25) is 4.79 Å². The highest BCUT2D eigenvalue weighted by Crippen LogP contribution is 2.30. The fourth-order valence-corrected chi connectivity index (χ4v) is 3.19. The summed E-state index contributed by atoms with van der Waals surface area (Å²) in [5, 5.41) is 3.86. The highest BCUT2D eigenvalue weighted by molar-refractivity contribution is 6.14. The first-order valence-electron chi connectivity index (χ1n) is 8.55. The number of carbonyl (C=O) groups is 1. The second-order valence-corrected chi connectivity index (χ2v) is 6.16. The van der Waals surface area contributed by atoms with Crippen LogP contribution in [0.4, 0.5) is 5.69 Å². The Kier molecular flexibility index (Phi) is 4.20. The smallest absolute Gasteiger partial charge is 0.256 e. The zero-order chi connectivity index (χ0) is 17.9. The molecule has 3 aromatic carbocycles. The van der Waals surface area contributed by atoms with E-state index in [1.807, 2.05) is 91.9 Å². The van der Waals surface area contributed by atoms with Gasteiger partial charge in [0, 0.05) is 16.6 Å². The zero-order valence-electron chi connectivity index (χ0n) is 14.4. The molecule has 0 fully saturated rings. The van der Waals surface area contributed by atoms with Crippen LogP contribution in [0.25, 0.3) is 22.2 Å². The first kappa shape index (κ1) is 16.0. The number of pyridine rings is 1. The van der Waals surface area contributed by atoms with E-state index in [2.05, 4.69) is 5.32 Å². The van der Waals surface area contributed by atoms with Crippen LogP contribution in [-0.4, -0.2) is 10.9 Å². The Morgan fingerprint density at radius 1 is 0.808 bits per heavy atom. The Morgan fingerprint density at radius 2 is 1.42 bits per heavy atom. The normalized spacial score (nSPS) is 10.7. The van der Waals surface area contributed by atoms with Gasteiger partial charge in [0.2, 0.25) is 0 Å². The molecule has 0 aliphatic rings. The predicted octanol–water partition coefficient (Wildman–Crippen LogP) is 5.46. The second kappa shape index (κ2) is 6.81. The van der Waals surface area contributed by atoms with Gasteiger partial charge in [0.15, 0.2) is 0 Å². The molecule has 0 aliphatic heterocycles. The molecule has 0 bridgehead atoms. The van der Waals surface area contributed by atoms with Crippen molar-refractivity contribution in [2.45, 2.75) is 6.92 Å². The molecule has 26 heavy (non-hydrogen) atoms. The summed E-state index contributed by atoms with van der Waals surface area (Å²) in [5.41, 5.74) is 4.97. The van der Waals surface area contributed by atoms with Gasteiger partial charge in [0.25, 0.3) is 5.91 Å². The fourth-order valence-electron chi connectivity index (χ4n) is 3.19. The van der Waals surface area contributed by atoms with E-state index in [0.29, 0.717) is 5.56 Å². The summed E-state index contributed by atoms with van der Waals surface area (Å²) in [6.07, 6.45) is 0. The molecule has 3 nitrogen and oxygen atoms in total. The highest BCUT2D eigenvalue weighted by atomic mass is 16.1. The van der Waals surface area contributed by atoms with Crippen LogP contribution in [0, 0.1) is 6.92 Å². The number of para-hydroxylation sites is 2. The maximum atomic E-state index is 13.1. The Bertz CT molecular complexity index is 1070. The summed E-state index contributed by atoms with van der Waals surface area (Å²) in [7, 11) is 0. The van der Waals surface area contributed by atoms with Crippen LogP contribution < -0.4 is 5.32 Å². The molecule has 0 radical (unpaired) electrons. The summed E-state index contributed by atoms with van der Waals surface area (Å²) in [5.74, 6) is -0.121. The van der Waals surface area contributed by atoms with Crippen LogP contribution in [-0.2, 0) is 0 Å². The lowest BCUT2D eigenvalue weighted by Gasteiger charge is -2.15. The number of rotatable bonds is 3. The number of hydrogen-bond acceptors (Lipinski definition) is 2. The molecule has 0 spiro atoms. The van der Waals surface area contributed by atoms with Crippen LogP contribution in [0.3, 0.4) is 0 Å². The number of benzene rings is 3. The quantitative estimate of drug-likeness (QED) is 0.539. The maximum absolute atomic E-state index is 13.1. The number of amides is 1. The van der Waals surface area contributed by atoms with E-state index in [9.17, 15) is 4.79 Å². The van der Waals surface area contributed by atoms with Gasteiger partial charge in [-0.2, -0.15) is 0 Å². The van der Waals surface area contributed by atoms with Crippen molar-refractivity contribution in [3.63, 3.8) is 0 Å². The minimum absolute atomic E-state index is 0.121. The van der Waals surface area contributed by atoms with Gasteiger partial charge >= 0.3 is 0 Å². The number of hydrogen-bond donors (Lipinski definition) is 1. The maximum Gasteiger partial charge on any atom is 0.256 e. The van der Waals surface area contributed by atoms with Gasteiger partial charge in [-0.25, -0.2) is 4.98 Å². The minimum atomic E-state index is -0.121. The number of carbonyl (C=O) groups excluding carboxylic acids is 1.